The van der Waals surface area contributed by atoms with Gasteiger partial charge >= 0.3 is 6.09 Å². The number of likely N-dealkylation sites (tertiary alicyclic amines) is 1. The summed E-state index contributed by atoms with van der Waals surface area (Å²) >= 11 is 0. The van der Waals surface area contributed by atoms with Crippen LogP contribution in [0.15, 0.2) is 36.9 Å². The van der Waals surface area contributed by atoms with Crippen LogP contribution < -0.4 is 5.32 Å². The number of carbonyl (C=O) groups is 3. The van der Waals surface area contributed by atoms with Crippen molar-refractivity contribution in [3.8, 4) is 0 Å². The molecule has 7 nitrogen and oxygen atoms in total. The summed E-state index contributed by atoms with van der Waals surface area (Å²) in [5, 5.41) is 2.65. The van der Waals surface area contributed by atoms with Gasteiger partial charge in [-0.1, -0.05) is 6.58 Å². The first kappa shape index (κ1) is 21.5. The van der Waals surface area contributed by atoms with E-state index in [1.54, 1.807) is 41.1 Å². The predicted molar refractivity (Wildman–Crippen MR) is 108 cm³/mol. The van der Waals surface area contributed by atoms with Crippen LogP contribution in [0, 0.1) is 0 Å². The minimum absolute atomic E-state index is 0.0614. The molecule has 1 saturated heterocycles. The van der Waals surface area contributed by atoms with Crippen molar-refractivity contribution in [2.24, 2.45) is 0 Å². The Balaban J connectivity index is 1.91. The Morgan fingerprint density at radius 1 is 1.18 bits per heavy atom. The maximum atomic E-state index is 12.8. The third kappa shape index (κ3) is 5.84. The van der Waals surface area contributed by atoms with Crippen LogP contribution in [-0.4, -0.2) is 59.5 Å². The zero-order valence-electron chi connectivity index (χ0n) is 17.0. The molecule has 0 unspecified atom stereocenters. The van der Waals surface area contributed by atoms with E-state index in [4.69, 9.17) is 4.74 Å². The molecule has 28 heavy (non-hydrogen) atoms. The zero-order chi connectivity index (χ0) is 20.9. The number of anilines is 1. The van der Waals surface area contributed by atoms with Gasteiger partial charge in [0, 0.05) is 37.4 Å². The molecule has 0 saturated carbocycles. The van der Waals surface area contributed by atoms with Crippen molar-refractivity contribution in [1.82, 2.24) is 9.80 Å². The largest absolute Gasteiger partial charge is 0.444 e. The molecule has 0 bridgehead atoms. The Morgan fingerprint density at radius 3 is 2.25 bits per heavy atom. The summed E-state index contributed by atoms with van der Waals surface area (Å²) in [4.78, 5) is 39.7. The van der Waals surface area contributed by atoms with E-state index in [1.165, 1.54) is 6.08 Å². The maximum absolute atomic E-state index is 12.8. The fourth-order valence-electron chi connectivity index (χ4n) is 3.02. The average molecular weight is 387 g/mol. The summed E-state index contributed by atoms with van der Waals surface area (Å²) < 4.78 is 5.41. The molecule has 1 heterocycles. The van der Waals surface area contributed by atoms with Crippen LogP contribution in [0.5, 0.6) is 0 Å². The number of nitrogens with one attached hydrogen (secondary N) is 1. The second kappa shape index (κ2) is 8.91. The second-order valence-corrected chi connectivity index (χ2v) is 7.89. The van der Waals surface area contributed by atoms with Gasteiger partial charge in [0.25, 0.3) is 5.91 Å². The Kier molecular flexibility index (Phi) is 6.83. The molecule has 0 spiro atoms. The van der Waals surface area contributed by atoms with Crippen molar-refractivity contribution in [2.75, 3.05) is 25.5 Å². The highest BCUT2D eigenvalue weighted by Crippen LogP contribution is 2.20. The first-order valence-electron chi connectivity index (χ1n) is 9.39. The fourth-order valence-corrected chi connectivity index (χ4v) is 3.02. The molecule has 3 amide bonds. The summed E-state index contributed by atoms with van der Waals surface area (Å²) in [5.74, 6) is -0.384. The van der Waals surface area contributed by atoms with Crippen LogP contribution in [0.1, 0.15) is 44.0 Å². The normalized spacial score (nSPS) is 14.9. The van der Waals surface area contributed by atoms with Gasteiger partial charge in [0.05, 0.1) is 0 Å². The number of nitrogens with zero attached hydrogens (tertiary/aromatic N) is 2. The maximum Gasteiger partial charge on any atom is 0.410 e. The van der Waals surface area contributed by atoms with Crippen LogP contribution in [0.2, 0.25) is 0 Å². The number of piperidine rings is 1. The predicted octanol–water partition coefficient (Wildman–Crippen LogP) is 3.28. The number of ether oxygens (including phenoxy) is 1. The third-order valence-corrected chi connectivity index (χ3v) is 4.57. The van der Waals surface area contributed by atoms with E-state index in [1.807, 2.05) is 20.8 Å². The lowest BCUT2D eigenvalue weighted by Gasteiger charge is -2.37. The van der Waals surface area contributed by atoms with Gasteiger partial charge in [0.1, 0.15) is 5.60 Å². The average Bonchev–Trinajstić information content (AvgIpc) is 2.66. The third-order valence-electron chi connectivity index (χ3n) is 4.57. The van der Waals surface area contributed by atoms with Crippen molar-refractivity contribution in [1.29, 1.82) is 0 Å². The van der Waals surface area contributed by atoms with Gasteiger partial charge in [0.2, 0.25) is 5.91 Å². The Bertz CT molecular complexity index is 729. The first-order valence-corrected chi connectivity index (χ1v) is 9.39. The lowest BCUT2D eigenvalue weighted by molar-refractivity contribution is -0.111. The molecule has 0 aromatic heterocycles. The molecule has 1 aromatic rings. The first-order chi connectivity index (χ1) is 13.1. The molecule has 1 N–H and O–H groups in total. The number of hydrogen-bond donors (Lipinski definition) is 1. The lowest BCUT2D eigenvalue weighted by atomic mass is 10.0. The number of benzene rings is 1. The smallest absolute Gasteiger partial charge is 0.410 e. The van der Waals surface area contributed by atoms with E-state index >= 15 is 0 Å². The Labute approximate surface area is 166 Å². The van der Waals surface area contributed by atoms with Crippen molar-refractivity contribution in [3.63, 3.8) is 0 Å². The number of carbonyl (C=O) groups excluding carboxylic acids is 3. The number of rotatable bonds is 4. The highest BCUT2D eigenvalue weighted by Gasteiger charge is 2.30. The molecule has 1 aromatic carbocycles. The van der Waals surface area contributed by atoms with Crippen LogP contribution >= 0.6 is 0 Å². The van der Waals surface area contributed by atoms with Crippen LogP contribution in [-0.2, 0) is 9.53 Å². The Hall–Kier alpha value is -2.83. The van der Waals surface area contributed by atoms with Crippen LogP contribution in [0.4, 0.5) is 10.5 Å². The Morgan fingerprint density at radius 2 is 1.75 bits per heavy atom. The fraction of sp³-hybridized carbons (Fsp3) is 0.476. The van der Waals surface area contributed by atoms with Gasteiger partial charge < -0.3 is 19.9 Å². The van der Waals surface area contributed by atoms with Gasteiger partial charge in [-0.2, -0.15) is 0 Å². The lowest BCUT2D eigenvalue weighted by Crippen LogP contribution is -2.48. The molecule has 2 rings (SSSR count). The highest BCUT2D eigenvalue weighted by molar-refractivity contribution is 5.99. The van der Waals surface area contributed by atoms with Gasteiger partial charge in [0.15, 0.2) is 0 Å². The summed E-state index contributed by atoms with van der Waals surface area (Å²) in [6.45, 7) is 10.1. The monoisotopic (exact) mass is 387 g/mol. The molecular formula is C21H29N3O4. The van der Waals surface area contributed by atoms with E-state index in [0.29, 0.717) is 37.2 Å². The summed E-state index contributed by atoms with van der Waals surface area (Å²) in [6.07, 6.45) is 2.29. The summed E-state index contributed by atoms with van der Waals surface area (Å²) in [6, 6.07) is 6.81. The van der Waals surface area contributed by atoms with E-state index in [0.717, 1.165) is 0 Å². The zero-order valence-corrected chi connectivity index (χ0v) is 17.0. The molecule has 1 aliphatic rings. The second-order valence-electron chi connectivity index (χ2n) is 7.89. The molecular weight excluding hydrogens is 358 g/mol. The van der Waals surface area contributed by atoms with Crippen LogP contribution in [0.3, 0.4) is 0 Å². The molecule has 0 atom stereocenters. The van der Waals surface area contributed by atoms with Crippen LogP contribution in [0.25, 0.3) is 0 Å². The quantitative estimate of drug-likeness (QED) is 0.804. The standard InChI is InChI=1S/C21H29N3O4/c1-6-18(25)22-16-9-7-15(8-10-16)19(26)23(5)17-11-13-24(14-12-17)20(27)28-21(2,3)4/h6-10,17H,1,11-14H2,2-5H3,(H,22,25). The van der Waals surface area contributed by atoms with Gasteiger partial charge in [-0.05, 0) is 64.0 Å². The molecule has 0 radical (unpaired) electrons. The van der Waals surface area contributed by atoms with E-state index in [-0.39, 0.29) is 23.9 Å². The summed E-state index contributed by atoms with van der Waals surface area (Å²) in [5.41, 5.74) is 0.640. The summed E-state index contributed by atoms with van der Waals surface area (Å²) in [7, 11) is 1.78. The minimum atomic E-state index is -0.516. The molecule has 1 fully saturated rings. The molecule has 7 heteroatoms. The van der Waals surface area contributed by atoms with E-state index in [2.05, 4.69) is 11.9 Å². The molecule has 0 aliphatic carbocycles. The molecule has 152 valence electrons. The highest BCUT2D eigenvalue weighted by atomic mass is 16.6. The number of hydrogen-bond acceptors (Lipinski definition) is 4. The number of amides is 3. The van der Waals surface area contributed by atoms with Crippen molar-refractivity contribution in [2.45, 2.75) is 45.3 Å². The van der Waals surface area contributed by atoms with E-state index in [9.17, 15) is 14.4 Å². The van der Waals surface area contributed by atoms with Crippen molar-refractivity contribution >= 4 is 23.6 Å². The van der Waals surface area contributed by atoms with Crippen molar-refractivity contribution in [3.05, 3.63) is 42.5 Å². The molecule has 1 aliphatic heterocycles. The SMILES string of the molecule is C=CC(=O)Nc1ccc(C(=O)N(C)C2CCN(C(=O)OC(C)(C)C)CC2)cc1. The van der Waals surface area contributed by atoms with Crippen molar-refractivity contribution < 1.29 is 19.1 Å². The van der Waals surface area contributed by atoms with Gasteiger partial charge in [-0.15, -0.1) is 0 Å². The minimum Gasteiger partial charge on any atom is -0.444 e. The van der Waals surface area contributed by atoms with Gasteiger partial charge in [-0.25, -0.2) is 4.79 Å². The van der Waals surface area contributed by atoms with Gasteiger partial charge in [-0.3, -0.25) is 9.59 Å². The topological polar surface area (TPSA) is 79.0 Å². The van der Waals surface area contributed by atoms with E-state index < -0.39 is 5.60 Å².